The van der Waals surface area contributed by atoms with E-state index >= 15 is 0 Å². The molecule has 7 nitrogen and oxygen atoms in total. The van der Waals surface area contributed by atoms with E-state index in [9.17, 15) is 13.2 Å². The average Bonchev–Trinajstić information content (AvgIpc) is 2.43. The molecule has 0 saturated heterocycles. The summed E-state index contributed by atoms with van der Waals surface area (Å²) in [6.07, 6.45) is 2.50. The van der Waals surface area contributed by atoms with Gasteiger partial charge in [-0.25, -0.2) is 4.79 Å². The van der Waals surface area contributed by atoms with E-state index in [1.165, 1.54) is 0 Å². The molecule has 1 aliphatic carbocycles. The van der Waals surface area contributed by atoms with Crippen LogP contribution in [-0.4, -0.2) is 53.4 Å². The van der Waals surface area contributed by atoms with Crippen molar-refractivity contribution in [2.45, 2.75) is 96.7 Å². The Morgan fingerprint density at radius 1 is 1.11 bits per heavy atom. The highest BCUT2D eigenvalue weighted by atomic mass is 32.2. The van der Waals surface area contributed by atoms with Gasteiger partial charge in [-0.1, -0.05) is 20.8 Å². The van der Waals surface area contributed by atoms with Crippen LogP contribution >= 0.6 is 0 Å². The highest BCUT2D eigenvalue weighted by Gasteiger charge is 2.43. The minimum absolute atomic E-state index is 0.0275. The van der Waals surface area contributed by atoms with Gasteiger partial charge in [0.25, 0.3) is 10.1 Å². The molecule has 0 aromatic rings. The number of amides is 1. The van der Waals surface area contributed by atoms with Gasteiger partial charge in [-0.15, -0.1) is 0 Å². The molecule has 1 rings (SSSR count). The van der Waals surface area contributed by atoms with Gasteiger partial charge >= 0.3 is 6.09 Å². The molecule has 1 aliphatic rings. The number of hydrogen-bond donors (Lipinski definition) is 1. The van der Waals surface area contributed by atoms with Crippen LogP contribution in [0, 0.1) is 5.92 Å². The number of ether oxygens (including phenoxy) is 1. The predicted octanol–water partition coefficient (Wildman–Crippen LogP) is 4.05. The van der Waals surface area contributed by atoms with E-state index in [1.807, 2.05) is 20.8 Å². The van der Waals surface area contributed by atoms with Gasteiger partial charge in [0.05, 0.1) is 25.0 Å². The van der Waals surface area contributed by atoms with E-state index in [0.717, 1.165) is 12.7 Å². The Balaban J connectivity index is 2.90. The van der Waals surface area contributed by atoms with Gasteiger partial charge in [-0.05, 0) is 64.1 Å². The van der Waals surface area contributed by atoms with Crippen molar-refractivity contribution in [3.05, 3.63) is 0 Å². The molecule has 0 aromatic carbocycles. The zero-order valence-corrected chi connectivity index (χ0v) is 20.7. The number of rotatable bonds is 6. The average molecular weight is 438 g/mol. The first kappa shape index (κ1) is 25.4. The monoisotopic (exact) mass is 437 g/mol. The van der Waals surface area contributed by atoms with Gasteiger partial charge in [0, 0.05) is 0 Å². The van der Waals surface area contributed by atoms with Gasteiger partial charge in [0.2, 0.25) is 0 Å². The summed E-state index contributed by atoms with van der Waals surface area (Å²) in [6, 6.07) is -0.168. The first-order valence-corrected chi connectivity index (χ1v) is 14.6. The van der Waals surface area contributed by atoms with Crippen molar-refractivity contribution in [1.29, 1.82) is 0 Å². The summed E-state index contributed by atoms with van der Waals surface area (Å²) < 4.78 is 39.7. The maximum atomic E-state index is 12.3. The second-order valence-electron chi connectivity index (χ2n) is 10.3. The largest absolute Gasteiger partial charge is 0.444 e. The lowest BCUT2D eigenvalue weighted by Gasteiger charge is -2.44. The molecular formula is C19H39NO6SSi. The number of carbonyl (C=O) groups excluding carboxylic acids is 1. The Morgan fingerprint density at radius 2 is 1.68 bits per heavy atom. The van der Waals surface area contributed by atoms with E-state index in [1.54, 1.807) is 0 Å². The van der Waals surface area contributed by atoms with Crippen LogP contribution in [0.2, 0.25) is 18.1 Å². The SMILES string of the molecule is CC(C)(C)OC(=O)NC1CCC(COS(C)(=O)=O)CC1O[Si](C)(C)C(C)(C)C. The van der Waals surface area contributed by atoms with Crippen molar-refractivity contribution in [3.8, 4) is 0 Å². The number of nitrogens with one attached hydrogen (secondary N) is 1. The van der Waals surface area contributed by atoms with E-state index in [4.69, 9.17) is 13.3 Å². The van der Waals surface area contributed by atoms with E-state index < -0.39 is 30.1 Å². The third-order valence-electron chi connectivity index (χ3n) is 5.37. The summed E-state index contributed by atoms with van der Waals surface area (Å²) in [6.45, 7) is 16.5. The standard InChI is InChI=1S/C19H39NO6SSi/c1-18(2,3)25-17(21)20-15-11-10-14(13-24-27(7,22)23)12-16(15)26-28(8,9)19(4,5)6/h14-16H,10-13H2,1-9H3,(H,20,21). The minimum Gasteiger partial charge on any atom is -0.444 e. The maximum Gasteiger partial charge on any atom is 0.407 e. The molecule has 9 heteroatoms. The van der Waals surface area contributed by atoms with Crippen LogP contribution in [0.25, 0.3) is 0 Å². The molecule has 28 heavy (non-hydrogen) atoms. The van der Waals surface area contributed by atoms with Crippen LogP contribution in [0.15, 0.2) is 0 Å². The van der Waals surface area contributed by atoms with Crippen LogP contribution in [0.4, 0.5) is 4.79 Å². The summed E-state index contributed by atoms with van der Waals surface area (Å²) in [7, 11) is -5.55. The molecule has 0 aliphatic heterocycles. The highest BCUT2D eigenvalue weighted by molar-refractivity contribution is 7.85. The Morgan fingerprint density at radius 3 is 2.14 bits per heavy atom. The van der Waals surface area contributed by atoms with Crippen molar-refractivity contribution in [2.24, 2.45) is 5.92 Å². The number of alkyl carbamates (subject to hydrolysis) is 1. The summed E-state index contributed by atoms with van der Waals surface area (Å²) in [5, 5.41) is 3.00. The molecule has 0 spiro atoms. The molecule has 1 amide bonds. The zero-order valence-electron chi connectivity index (χ0n) is 18.9. The molecule has 0 radical (unpaired) electrons. The summed E-state index contributed by atoms with van der Waals surface area (Å²) in [4.78, 5) is 12.3. The molecular weight excluding hydrogens is 398 g/mol. The third kappa shape index (κ3) is 8.80. The Labute approximate surface area is 172 Å². The quantitative estimate of drug-likeness (QED) is 0.498. The molecule has 3 unspecified atom stereocenters. The fourth-order valence-electron chi connectivity index (χ4n) is 2.89. The first-order valence-electron chi connectivity index (χ1n) is 9.91. The van der Waals surface area contributed by atoms with Gasteiger partial charge in [-0.2, -0.15) is 8.42 Å². The van der Waals surface area contributed by atoms with Crippen LogP contribution in [-0.2, 0) is 23.5 Å². The molecule has 0 bridgehead atoms. The van der Waals surface area contributed by atoms with Crippen molar-refractivity contribution >= 4 is 24.5 Å². The minimum atomic E-state index is -3.47. The molecule has 1 N–H and O–H groups in total. The van der Waals surface area contributed by atoms with Crippen molar-refractivity contribution in [2.75, 3.05) is 12.9 Å². The van der Waals surface area contributed by atoms with Crippen molar-refractivity contribution in [3.63, 3.8) is 0 Å². The number of hydrogen-bond acceptors (Lipinski definition) is 6. The maximum absolute atomic E-state index is 12.3. The topological polar surface area (TPSA) is 90.9 Å². The molecule has 0 aromatic heterocycles. The summed E-state index contributed by atoms with van der Waals surface area (Å²) in [5.74, 6) is 0.0705. The third-order valence-corrected chi connectivity index (χ3v) is 10.4. The molecule has 1 saturated carbocycles. The van der Waals surface area contributed by atoms with E-state index in [0.29, 0.717) is 12.8 Å². The van der Waals surface area contributed by atoms with Gasteiger partial charge in [-0.3, -0.25) is 4.18 Å². The van der Waals surface area contributed by atoms with E-state index in [2.05, 4.69) is 39.2 Å². The van der Waals surface area contributed by atoms with Crippen LogP contribution in [0.5, 0.6) is 0 Å². The fraction of sp³-hybridized carbons (Fsp3) is 0.947. The summed E-state index contributed by atoms with van der Waals surface area (Å²) >= 11 is 0. The van der Waals surface area contributed by atoms with Gasteiger partial charge < -0.3 is 14.5 Å². The first-order chi connectivity index (χ1) is 12.4. The van der Waals surface area contributed by atoms with Crippen LogP contribution in [0.3, 0.4) is 0 Å². The predicted molar refractivity (Wildman–Crippen MR) is 113 cm³/mol. The van der Waals surface area contributed by atoms with Crippen molar-refractivity contribution in [1.82, 2.24) is 5.32 Å². The summed E-state index contributed by atoms with van der Waals surface area (Å²) in [5.41, 5.74) is -0.569. The van der Waals surface area contributed by atoms with Crippen LogP contribution in [0.1, 0.15) is 60.8 Å². The fourth-order valence-corrected chi connectivity index (χ4v) is 4.70. The molecule has 0 heterocycles. The second-order valence-corrected chi connectivity index (χ2v) is 16.7. The smallest absolute Gasteiger partial charge is 0.407 e. The Kier molecular flexibility index (Phi) is 8.18. The van der Waals surface area contributed by atoms with Gasteiger partial charge in [0.1, 0.15) is 5.60 Å². The molecule has 166 valence electrons. The Bertz CT molecular complexity index is 636. The molecule has 1 fully saturated rings. The lowest BCUT2D eigenvalue weighted by atomic mass is 9.84. The highest BCUT2D eigenvalue weighted by Crippen LogP contribution is 2.40. The van der Waals surface area contributed by atoms with Crippen molar-refractivity contribution < 1.29 is 26.6 Å². The normalized spacial score (nSPS) is 24.7. The van der Waals surface area contributed by atoms with E-state index in [-0.39, 0.29) is 29.7 Å². The molecule has 3 atom stereocenters. The Hall–Kier alpha value is -0.643. The lowest BCUT2D eigenvalue weighted by Crippen LogP contribution is -2.54. The lowest BCUT2D eigenvalue weighted by molar-refractivity contribution is 0.0290. The van der Waals surface area contributed by atoms with Gasteiger partial charge in [0.15, 0.2) is 8.32 Å². The van der Waals surface area contributed by atoms with Crippen LogP contribution < -0.4 is 5.32 Å². The number of carbonyl (C=O) groups is 1. The second kappa shape index (κ2) is 9.02. The zero-order chi connectivity index (χ0) is 22.0.